The Kier molecular flexibility index (Phi) is 12.1. The van der Waals surface area contributed by atoms with Crippen LogP contribution in [0.15, 0.2) is 30.3 Å². The van der Waals surface area contributed by atoms with Gasteiger partial charge in [0.1, 0.15) is 17.7 Å². The molecule has 0 radical (unpaired) electrons. The van der Waals surface area contributed by atoms with Gasteiger partial charge in [0.15, 0.2) is 6.29 Å². The van der Waals surface area contributed by atoms with Gasteiger partial charge in [0, 0.05) is 5.56 Å². The Hall–Kier alpha value is -2.16. The zero-order chi connectivity index (χ0) is 23.3. The number of alkyl carbamates (subject to hydrolysis) is 1. The van der Waals surface area contributed by atoms with Gasteiger partial charge in [-0.15, -0.1) is 0 Å². The molecule has 1 saturated heterocycles. The minimum absolute atomic E-state index is 0.216. The van der Waals surface area contributed by atoms with Crippen LogP contribution >= 0.6 is 0 Å². The molecule has 3 N–H and O–H groups in total. The number of nitrogens with one attached hydrogen (secondary N) is 1. The van der Waals surface area contributed by atoms with Gasteiger partial charge in [-0.3, -0.25) is 0 Å². The van der Waals surface area contributed by atoms with Crippen molar-refractivity contribution in [1.82, 2.24) is 5.32 Å². The molecule has 1 aromatic carbocycles. The van der Waals surface area contributed by atoms with E-state index in [0.29, 0.717) is 19.4 Å². The van der Waals surface area contributed by atoms with Gasteiger partial charge in [-0.1, -0.05) is 44.2 Å². The van der Waals surface area contributed by atoms with E-state index in [1.807, 2.05) is 44.2 Å². The summed E-state index contributed by atoms with van der Waals surface area (Å²) in [5.74, 6) is -0.539. The van der Waals surface area contributed by atoms with Crippen molar-refractivity contribution in [2.45, 2.75) is 77.9 Å². The summed E-state index contributed by atoms with van der Waals surface area (Å²) in [5.41, 5.74) is 5.77. The Labute approximate surface area is 185 Å². The molecular formula is C23H38N2O6. The lowest BCUT2D eigenvalue weighted by atomic mass is 10.1. The van der Waals surface area contributed by atoms with E-state index in [2.05, 4.69) is 5.32 Å². The maximum atomic E-state index is 12.6. The average molecular weight is 439 g/mol. The van der Waals surface area contributed by atoms with Gasteiger partial charge >= 0.3 is 12.1 Å². The molecule has 1 aliphatic rings. The third kappa shape index (κ3) is 10.6. The van der Waals surface area contributed by atoms with Crippen LogP contribution in [0.25, 0.3) is 0 Å². The van der Waals surface area contributed by atoms with Crippen LogP contribution in [-0.4, -0.2) is 49.6 Å². The largest absolute Gasteiger partial charge is 0.456 e. The predicted molar refractivity (Wildman–Crippen MR) is 118 cm³/mol. The summed E-state index contributed by atoms with van der Waals surface area (Å²) in [6.07, 6.45) is 0.156. The topological polar surface area (TPSA) is 109 Å². The number of nitrogens with two attached hydrogens (primary N) is 1. The number of amides is 1. The number of carbonyl (C=O) groups excluding carboxylic acids is 2. The Bertz CT molecular complexity index is 639. The number of unbranched alkanes of at least 4 members (excludes halogenated alkanes) is 1. The summed E-state index contributed by atoms with van der Waals surface area (Å²) < 4.78 is 22.1. The summed E-state index contributed by atoms with van der Waals surface area (Å²) in [6, 6.07) is 8.73. The van der Waals surface area contributed by atoms with Crippen LogP contribution in [0.5, 0.6) is 0 Å². The van der Waals surface area contributed by atoms with Crippen molar-refractivity contribution in [3.8, 4) is 0 Å². The third-order valence-electron chi connectivity index (χ3n) is 4.14. The lowest BCUT2D eigenvalue weighted by molar-refractivity contribution is -0.230. The first-order valence-corrected chi connectivity index (χ1v) is 11.0. The van der Waals surface area contributed by atoms with Crippen molar-refractivity contribution in [1.29, 1.82) is 0 Å². The molecule has 1 atom stereocenters. The molecule has 1 fully saturated rings. The van der Waals surface area contributed by atoms with Crippen LogP contribution in [0, 0.1) is 0 Å². The number of ether oxygens (including phenoxy) is 4. The Morgan fingerprint density at radius 1 is 1.13 bits per heavy atom. The van der Waals surface area contributed by atoms with Crippen LogP contribution in [0.1, 0.15) is 65.7 Å². The number of benzene rings is 1. The van der Waals surface area contributed by atoms with E-state index in [0.717, 1.165) is 12.0 Å². The van der Waals surface area contributed by atoms with Crippen LogP contribution in [0.3, 0.4) is 0 Å². The minimum Gasteiger partial charge on any atom is -0.456 e. The van der Waals surface area contributed by atoms with Crippen LogP contribution in [0.2, 0.25) is 0 Å². The fourth-order valence-corrected chi connectivity index (χ4v) is 2.79. The van der Waals surface area contributed by atoms with E-state index < -0.39 is 36.1 Å². The maximum absolute atomic E-state index is 12.6. The SMILES string of the molecule is CC.CC(C)(C)OC(=O)N[C@@H](CCCCN)C(=O)OC1COC(c2ccccc2)OC1. The normalized spacial score (nSPS) is 19.4. The number of hydrogen-bond acceptors (Lipinski definition) is 7. The first-order valence-electron chi connectivity index (χ1n) is 11.0. The van der Waals surface area contributed by atoms with Crippen molar-refractivity contribution >= 4 is 12.1 Å². The number of carbonyl (C=O) groups is 2. The molecule has 0 unspecified atom stereocenters. The van der Waals surface area contributed by atoms with Gasteiger partial charge in [-0.2, -0.15) is 0 Å². The smallest absolute Gasteiger partial charge is 0.408 e. The maximum Gasteiger partial charge on any atom is 0.408 e. The molecule has 1 aromatic rings. The molecule has 0 spiro atoms. The third-order valence-corrected chi connectivity index (χ3v) is 4.14. The molecule has 1 amide bonds. The fraction of sp³-hybridized carbons (Fsp3) is 0.652. The van der Waals surface area contributed by atoms with Crippen LogP contribution in [0.4, 0.5) is 4.79 Å². The molecule has 1 aliphatic heterocycles. The summed E-state index contributed by atoms with van der Waals surface area (Å²) in [5, 5.41) is 2.60. The molecular weight excluding hydrogens is 400 g/mol. The number of rotatable bonds is 8. The minimum atomic E-state index is -0.816. The molecule has 8 nitrogen and oxygen atoms in total. The Morgan fingerprint density at radius 2 is 1.74 bits per heavy atom. The zero-order valence-corrected chi connectivity index (χ0v) is 19.4. The van der Waals surface area contributed by atoms with Crippen molar-refractivity contribution < 1.29 is 28.5 Å². The van der Waals surface area contributed by atoms with Crippen LogP contribution in [-0.2, 0) is 23.7 Å². The quantitative estimate of drug-likeness (QED) is 0.470. The van der Waals surface area contributed by atoms with Gasteiger partial charge in [0.25, 0.3) is 0 Å². The van der Waals surface area contributed by atoms with E-state index in [-0.39, 0.29) is 13.2 Å². The zero-order valence-electron chi connectivity index (χ0n) is 19.4. The first-order chi connectivity index (χ1) is 14.8. The number of esters is 1. The summed E-state index contributed by atoms with van der Waals surface area (Å²) in [7, 11) is 0. The van der Waals surface area contributed by atoms with Crippen molar-refractivity contribution in [2.24, 2.45) is 5.73 Å². The molecule has 1 heterocycles. The van der Waals surface area contributed by atoms with E-state index in [1.165, 1.54) is 0 Å². The van der Waals surface area contributed by atoms with E-state index in [1.54, 1.807) is 20.8 Å². The van der Waals surface area contributed by atoms with Gasteiger partial charge in [-0.05, 0) is 46.6 Å². The Morgan fingerprint density at radius 3 is 2.29 bits per heavy atom. The monoisotopic (exact) mass is 438 g/mol. The average Bonchev–Trinajstić information content (AvgIpc) is 2.74. The van der Waals surface area contributed by atoms with Crippen molar-refractivity contribution in [3.05, 3.63) is 35.9 Å². The summed E-state index contributed by atoms with van der Waals surface area (Å²) in [6.45, 7) is 10.2. The van der Waals surface area contributed by atoms with Crippen molar-refractivity contribution in [3.63, 3.8) is 0 Å². The second-order valence-corrected chi connectivity index (χ2v) is 7.95. The summed E-state index contributed by atoms with van der Waals surface area (Å²) >= 11 is 0. The molecule has 0 aliphatic carbocycles. The Balaban J connectivity index is 0.00000233. The van der Waals surface area contributed by atoms with Crippen LogP contribution < -0.4 is 11.1 Å². The predicted octanol–water partition coefficient (Wildman–Crippen LogP) is 3.69. The highest BCUT2D eigenvalue weighted by Gasteiger charge is 2.30. The molecule has 0 saturated carbocycles. The molecule has 8 heteroatoms. The highest BCUT2D eigenvalue weighted by molar-refractivity contribution is 5.81. The number of hydrogen-bond donors (Lipinski definition) is 2. The lowest BCUT2D eigenvalue weighted by Gasteiger charge is -2.30. The molecule has 0 bridgehead atoms. The highest BCUT2D eigenvalue weighted by atomic mass is 16.7. The van der Waals surface area contributed by atoms with E-state index in [9.17, 15) is 9.59 Å². The second-order valence-electron chi connectivity index (χ2n) is 7.95. The fourth-order valence-electron chi connectivity index (χ4n) is 2.79. The van der Waals surface area contributed by atoms with Gasteiger partial charge in [0.05, 0.1) is 13.2 Å². The van der Waals surface area contributed by atoms with Gasteiger partial charge < -0.3 is 30.0 Å². The summed E-state index contributed by atoms with van der Waals surface area (Å²) in [4.78, 5) is 24.7. The van der Waals surface area contributed by atoms with E-state index >= 15 is 0 Å². The van der Waals surface area contributed by atoms with E-state index in [4.69, 9.17) is 24.7 Å². The molecule has 31 heavy (non-hydrogen) atoms. The molecule has 176 valence electrons. The molecule has 0 aromatic heterocycles. The highest BCUT2D eigenvalue weighted by Crippen LogP contribution is 2.23. The first kappa shape index (κ1) is 26.9. The lowest BCUT2D eigenvalue weighted by Crippen LogP contribution is -2.46. The second kappa shape index (κ2) is 14.0. The standard InChI is InChI=1S/C21H32N2O6.C2H6/c1-21(2,3)29-20(25)23-17(11-7-8-12-22)18(24)28-16-13-26-19(27-14-16)15-9-5-4-6-10-15;1-2/h4-6,9-10,16-17,19H,7-8,11-14,22H2,1-3H3,(H,23,25);1-2H3/t16?,17-,19?;/m0./s1. The van der Waals surface area contributed by atoms with Crippen molar-refractivity contribution in [2.75, 3.05) is 19.8 Å². The van der Waals surface area contributed by atoms with Gasteiger partial charge in [-0.25, -0.2) is 9.59 Å². The van der Waals surface area contributed by atoms with Gasteiger partial charge in [0.2, 0.25) is 0 Å². The molecule has 2 rings (SSSR count).